The van der Waals surface area contributed by atoms with E-state index in [0.29, 0.717) is 37.4 Å². The fraction of sp³-hybridized carbons (Fsp3) is 0.391. The number of amides is 1. The Morgan fingerprint density at radius 2 is 1.59 bits per heavy atom. The molecule has 0 bridgehead atoms. The van der Waals surface area contributed by atoms with Crippen molar-refractivity contribution in [1.82, 2.24) is 4.90 Å². The van der Waals surface area contributed by atoms with Crippen molar-refractivity contribution in [3.8, 4) is 11.5 Å². The summed E-state index contributed by atoms with van der Waals surface area (Å²) in [4.78, 5) is 26.1. The van der Waals surface area contributed by atoms with Crippen LogP contribution in [0.15, 0.2) is 54.6 Å². The molecule has 0 spiro atoms. The van der Waals surface area contributed by atoms with Gasteiger partial charge in [-0.05, 0) is 61.6 Å². The van der Waals surface area contributed by atoms with Crippen molar-refractivity contribution in [3.05, 3.63) is 60.2 Å². The molecule has 6 nitrogen and oxygen atoms in total. The van der Waals surface area contributed by atoms with Crippen LogP contribution in [0.3, 0.4) is 0 Å². The maximum absolute atomic E-state index is 12.8. The zero-order valence-electron chi connectivity index (χ0n) is 16.2. The summed E-state index contributed by atoms with van der Waals surface area (Å²) >= 11 is 0. The highest BCUT2D eigenvalue weighted by Crippen LogP contribution is 2.33. The van der Waals surface area contributed by atoms with Crippen LogP contribution in [0.25, 0.3) is 0 Å². The molecular weight excluding hydrogens is 370 g/mol. The van der Waals surface area contributed by atoms with Crippen molar-refractivity contribution >= 4 is 11.9 Å². The molecule has 2 aromatic carbocycles. The van der Waals surface area contributed by atoms with E-state index in [1.165, 1.54) is 0 Å². The second-order valence-corrected chi connectivity index (χ2v) is 7.64. The summed E-state index contributed by atoms with van der Waals surface area (Å²) in [6.07, 6.45) is 1.90. The molecule has 4 rings (SSSR count). The Morgan fingerprint density at radius 1 is 0.931 bits per heavy atom. The third-order valence-corrected chi connectivity index (χ3v) is 5.82. The second-order valence-electron chi connectivity index (χ2n) is 7.64. The molecule has 2 aliphatic heterocycles. The summed E-state index contributed by atoms with van der Waals surface area (Å²) in [7, 11) is 0. The highest BCUT2D eigenvalue weighted by atomic mass is 16.5. The maximum atomic E-state index is 12.8. The number of carbonyl (C=O) groups excluding carboxylic acids is 1. The standard InChI is InChI=1S/C23H25NO5/c25-22(17-6-8-19(9-7-17)29-18-4-2-1-3-5-18)24-13-10-16(11-14-24)21-20(23(26)27)12-15-28-21/h1-9,16,20-21H,10-15H2,(H,26,27)/t20?,21-/m0/s1. The van der Waals surface area contributed by atoms with Crippen molar-refractivity contribution < 1.29 is 24.2 Å². The number of hydrogen-bond donors (Lipinski definition) is 1. The van der Waals surface area contributed by atoms with Crippen molar-refractivity contribution in [2.24, 2.45) is 11.8 Å². The molecule has 1 unspecified atom stereocenters. The average molecular weight is 395 g/mol. The largest absolute Gasteiger partial charge is 0.481 e. The van der Waals surface area contributed by atoms with Gasteiger partial charge in [0.25, 0.3) is 5.91 Å². The van der Waals surface area contributed by atoms with Gasteiger partial charge in [-0.1, -0.05) is 18.2 Å². The molecule has 29 heavy (non-hydrogen) atoms. The van der Waals surface area contributed by atoms with E-state index in [2.05, 4.69) is 0 Å². The van der Waals surface area contributed by atoms with E-state index < -0.39 is 11.9 Å². The first-order chi connectivity index (χ1) is 14.1. The van der Waals surface area contributed by atoms with Gasteiger partial charge in [-0.15, -0.1) is 0 Å². The Balaban J connectivity index is 1.33. The monoisotopic (exact) mass is 395 g/mol. The van der Waals surface area contributed by atoms with E-state index in [9.17, 15) is 14.7 Å². The van der Waals surface area contributed by atoms with Gasteiger partial charge in [0.15, 0.2) is 0 Å². The third kappa shape index (κ3) is 4.43. The number of piperidine rings is 1. The minimum absolute atomic E-state index is 0.00293. The van der Waals surface area contributed by atoms with Crippen molar-refractivity contribution in [1.29, 1.82) is 0 Å². The van der Waals surface area contributed by atoms with E-state index in [4.69, 9.17) is 9.47 Å². The van der Waals surface area contributed by atoms with E-state index in [0.717, 1.165) is 18.6 Å². The minimum Gasteiger partial charge on any atom is -0.481 e. The number of para-hydroxylation sites is 1. The Morgan fingerprint density at radius 3 is 2.24 bits per heavy atom. The highest BCUT2D eigenvalue weighted by molar-refractivity contribution is 5.94. The molecule has 152 valence electrons. The molecule has 0 saturated carbocycles. The van der Waals surface area contributed by atoms with Crippen molar-refractivity contribution in [2.75, 3.05) is 19.7 Å². The molecule has 2 fully saturated rings. The van der Waals surface area contributed by atoms with Crippen LogP contribution in [0.4, 0.5) is 0 Å². The predicted octanol–water partition coefficient (Wildman–Crippen LogP) is 3.82. The molecule has 1 amide bonds. The number of likely N-dealkylation sites (tertiary alicyclic amines) is 1. The lowest BCUT2D eigenvalue weighted by molar-refractivity contribution is -0.145. The van der Waals surface area contributed by atoms with Crippen LogP contribution in [0.5, 0.6) is 11.5 Å². The van der Waals surface area contributed by atoms with E-state index in [1.807, 2.05) is 35.2 Å². The number of rotatable bonds is 5. The van der Waals surface area contributed by atoms with Crippen LogP contribution in [-0.2, 0) is 9.53 Å². The molecule has 0 aliphatic carbocycles. The molecule has 2 heterocycles. The quantitative estimate of drug-likeness (QED) is 0.833. The fourth-order valence-electron chi connectivity index (χ4n) is 4.24. The number of carboxylic acids is 1. The molecule has 2 atom stereocenters. The number of ether oxygens (including phenoxy) is 2. The Bertz CT molecular complexity index is 843. The maximum Gasteiger partial charge on any atom is 0.309 e. The van der Waals surface area contributed by atoms with Crippen LogP contribution in [-0.4, -0.2) is 47.7 Å². The van der Waals surface area contributed by atoms with Gasteiger partial charge in [0, 0.05) is 25.3 Å². The summed E-state index contributed by atoms with van der Waals surface area (Å²) in [5.41, 5.74) is 0.629. The van der Waals surface area contributed by atoms with Gasteiger partial charge in [0.05, 0.1) is 12.0 Å². The van der Waals surface area contributed by atoms with Crippen molar-refractivity contribution in [2.45, 2.75) is 25.4 Å². The smallest absolute Gasteiger partial charge is 0.309 e. The molecule has 2 aromatic rings. The molecular formula is C23H25NO5. The number of carboxylic acid groups (broad SMARTS) is 1. The first-order valence-electron chi connectivity index (χ1n) is 10.1. The van der Waals surface area contributed by atoms with E-state index >= 15 is 0 Å². The number of carbonyl (C=O) groups is 2. The first kappa shape index (κ1) is 19.5. The number of nitrogens with zero attached hydrogens (tertiary/aromatic N) is 1. The Kier molecular flexibility index (Phi) is 5.81. The topological polar surface area (TPSA) is 76.1 Å². The molecule has 6 heteroatoms. The van der Waals surface area contributed by atoms with Gasteiger partial charge in [-0.2, -0.15) is 0 Å². The zero-order valence-corrected chi connectivity index (χ0v) is 16.2. The lowest BCUT2D eigenvalue weighted by Crippen LogP contribution is -2.43. The predicted molar refractivity (Wildman–Crippen MR) is 107 cm³/mol. The fourth-order valence-corrected chi connectivity index (χ4v) is 4.24. The van der Waals surface area contributed by atoms with Gasteiger partial charge >= 0.3 is 5.97 Å². The van der Waals surface area contributed by atoms with Crippen molar-refractivity contribution in [3.63, 3.8) is 0 Å². The van der Waals surface area contributed by atoms with Crippen LogP contribution >= 0.6 is 0 Å². The van der Waals surface area contributed by atoms with Gasteiger partial charge in [-0.3, -0.25) is 9.59 Å². The van der Waals surface area contributed by atoms with E-state index in [1.54, 1.807) is 24.3 Å². The number of hydrogen-bond acceptors (Lipinski definition) is 4. The highest BCUT2D eigenvalue weighted by Gasteiger charge is 2.40. The minimum atomic E-state index is -0.774. The Hall–Kier alpha value is -2.86. The number of aliphatic carboxylic acids is 1. The lowest BCUT2D eigenvalue weighted by atomic mass is 9.84. The summed E-state index contributed by atoms with van der Waals surface area (Å²) in [6.45, 7) is 1.76. The van der Waals surface area contributed by atoms with Gasteiger partial charge in [0.1, 0.15) is 11.5 Å². The lowest BCUT2D eigenvalue weighted by Gasteiger charge is -2.35. The van der Waals surface area contributed by atoms with Crippen LogP contribution in [0.2, 0.25) is 0 Å². The third-order valence-electron chi connectivity index (χ3n) is 5.82. The van der Waals surface area contributed by atoms with E-state index in [-0.39, 0.29) is 17.9 Å². The van der Waals surface area contributed by atoms with Gasteiger partial charge in [-0.25, -0.2) is 0 Å². The Labute approximate surface area is 170 Å². The summed E-state index contributed by atoms with van der Waals surface area (Å²) < 4.78 is 11.5. The molecule has 0 radical (unpaired) electrons. The zero-order chi connectivity index (χ0) is 20.2. The SMILES string of the molecule is O=C(O)C1CCO[C@H]1C1CCN(C(=O)c2ccc(Oc3ccccc3)cc2)CC1. The molecule has 2 aliphatic rings. The number of benzene rings is 2. The summed E-state index contributed by atoms with van der Waals surface area (Å²) in [5.74, 6) is 0.441. The molecule has 1 N–H and O–H groups in total. The van der Waals surface area contributed by atoms with Crippen LogP contribution in [0.1, 0.15) is 29.6 Å². The summed E-state index contributed by atoms with van der Waals surface area (Å²) in [6, 6.07) is 16.7. The van der Waals surface area contributed by atoms with Crippen LogP contribution < -0.4 is 4.74 Å². The van der Waals surface area contributed by atoms with Gasteiger partial charge in [0.2, 0.25) is 0 Å². The average Bonchev–Trinajstić information content (AvgIpc) is 3.25. The molecule has 2 saturated heterocycles. The van der Waals surface area contributed by atoms with Gasteiger partial charge < -0.3 is 19.5 Å². The normalized spacial score (nSPS) is 22.4. The second kappa shape index (κ2) is 8.66. The first-order valence-corrected chi connectivity index (χ1v) is 10.1. The molecule has 0 aromatic heterocycles. The summed E-state index contributed by atoms with van der Waals surface area (Å²) in [5, 5.41) is 9.36. The van der Waals surface area contributed by atoms with Crippen LogP contribution in [0, 0.1) is 11.8 Å².